The molecule has 2 aromatic heterocycles. The third-order valence-electron chi connectivity index (χ3n) is 5.87. The quantitative estimate of drug-likeness (QED) is 0.744. The molecule has 0 unspecified atom stereocenters. The SMILES string of the molecule is N#CC1(n2cc([C@@H](CC(=O)c3cccnc3)C3CCCCC3)nn2)CC1. The molecule has 6 nitrogen and oxygen atoms in total. The number of hydrogen-bond donors (Lipinski definition) is 0. The van der Waals surface area contributed by atoms with Crippen molar-refractivity contribution in [3.05, 3.63) is 42.0 Å². The van der Waals surface area contributed by atoms with Crippen molar-refractivity contribution < 1.29 is 4.79 Å². The van der Waals surface area contributed by atoms with Crippen LogP contribution in [0.3, 0.4) is 0 Å². The molecule has 0 spiro atoms. The molecule has 0 aromatic carbocycles. The molecule has 0 radical (unpaired) electrons. The highest BCUT2D eigenvalue weighted by Gasteiger charge is 2.47. The zero-order valence-electron chi connectivity index (χ0n) is 14.8. The van der Waals surface area contributed by atoms with E-state index in [1.807, 2.05) is 12.3 Å². The molecule has 4 rings (SSSR count). The van der Waals surface area contributed by atoms with Gasteiger partial charge in [-0.15, -0.1) is 5.10 Å². The number of carbonyl (C=O) groups is 1. The van der Waals surface area contributed by atoms with E-state index in [0.29, 0.717) is 17.9 Å². The Morgan fingerprint density at radius 1 is 1.35 bits per heavy atom. The monoisotopic (exact) mass is 349 g/mol. The summed E-state index contributed by atoms with van der Waals surface area (Å²) in [4.78, 5) is 16.9. The van der Waals surface area contributed by atoms with Crippen molar-refractivity contribution in [1.29, 1.82) is 5.26 Å². The van der Waals surface area contributed by atoms with Crippen LogP contribution in [0.5, 0.6) is 0 Å². The molecule has 134 valence electrons. The maximum Gasteiger partial charge on any atom is 0.165 e. The van der Waals surface area contributed by atoms with Crippen molar-refractivity contribution >= 4 is 5.78 Å². The molecule has 0 saturated heterocycles. The van der Waals surface area contributed by atoms with Crippen LogP contribution >= 0.6 is 0 Å². The second kappa shape index (κ2) is 6.99. The molecular weight excluding hydrogens is 326 g/mol. The molecule has 2 aliphatic rings. The summed E-state index contributed by atoms with van der Waals surface area (Å²) in [5, 5.41) is 18.0. The fraction of sp³-hybridized carbons (Fsp3) is 0.550. The Morgan fingerprint density at radius 2 is 2.15 bits per heavy atom. The molecule has 1 atom stereocenters. The Bertz CT molecular complexity index is 812. The van der Waals surface area contributed by atoms with Gasteiger partial charge in [0.1, 0.15) is 0 Å². The lowest BCUT2D eigenvalue weighted by Gasteiger charge is -2.28. The lowest BCUT2D eigenvalue weighted by molar-refractivity contribution is 0.0956. The second-order valence-electron chi connectivity index (χ2n) is 7.60. The number of ketones is 1. The van der Waals surface area contributed by atoms with Crippen molar-refractivity contribution in [3.63, 3.8) is 0 Å². The third-order valence-corrected chi connectivity index (χ3v) is 5.87. The first kappa shape index (κ1) is 16.9. The minimum Gasteiger partial charge on any atom is -0.294 e. The molecule has 0 bridgehead atoms. The van der Waals surface area contributed by atoms with Crippen LogP contribution in [0.25, 0.3) is 0 Å². The van der Waals surface area contributed by atoms with E-state index in [1.165, 1.54) is 19.3 Å². The average molecular weight is 349 g/mol. The molecule has 2 fully saturated rings. The first-order chi connectivity index (χ1) is 12.7. The van der Waals surface area contributed by atoms with Gasteiger partial charge >= 0.3 is 0 Å². The number of nitriles is 1. The molecule has 0 aliphatic heterocycles. The minimum absolute atomic E-state index is 0.0613. The molecule has 0 N–H and O–H groups in total. The van der Waals surface area contributed by atoms with Crippen LogP contribution in [-0.2, 0) is 5.54 Å². The zero-order chi connectivity index (χ0) is 18.0. The Hall–Kier alpha value is -2.55. The minimum atomic E-state index is -0.504. The standard InChI is InChI=1S/C20H23N5O/c21-14-20(8-9-20)25-13-18(23-24-25)17(15-5-2-1-3-6-15)11-19(26)16-7-4-10-22-12-16/h4,7,10,12-13,15,17H,1-3,5-6,8-9,11H2/t17-/m0/s1. The van der Waals surface area contributed by atoms with Crippen LogP contribution in [0.1, 0.15) is 73.3 Å². The second-order valence-corrected chi connectivity index (χ2v) is 7.60. The van der Waals surface area contributed by atoms with Gasteiger partial charge in [-0.05, 0) is 43.7 Å². The van der Waals surface area contributed by atoms with Gasteiger partial charge in [0, 0.05) is 30.3 Å². The largest absolute Gasteiger partial charge is 0.294 e. The number of rotatable bonds is 6. The van der Waals surface area contributed by atoms with Crippen LogP contribution in [0.2, 0.25) is 0 Å². The third kappa shape index (κ3) is 3.26. The van der Waals surface area contributed by atoms with Gasteiger partial charge in [0.25, 0.3) is 0 Å². The Balaban J connectivity index is 1.59. The molecule has 0 amide bonds. The van der Waals surface area contributed by atoms with Crippen molar-refractivity contribution in [2.75, 3.05) is 0 Å². The molecular formula is C20H23N5O. The van der Waals surface area contributed by atoms with Crippen LogP contribution in [0, 0.1) is 17.2 Å². The van der Waals surface area contributed by atoms with Crippen LogP contribution in [0.4, 0.5) is 0 Å². The van der Waals surface area contributed by atoms with Gasteiger partial charge in [0.05, 0.1) is 18.0 Å². The first-order valence-electron chi connectivity index (χ1n) is 9.49. The average Bonchev–Trinajstić information content (AvgIpc) is 3.36. The predicted octanol–water partition coefficient (Wildman–Crippen LogP) is 3.62. The molecule has 2 saturated carbocycles. The summed E-state index contributed by atoms with van der Waals surface area (Å²) in [5.74, 6) is 0.614. The predicted molar refractivity (Wildman–Crippen MR) is 95.3 cm³/mol. The fourth-order valence-corrected chi connectivity index (χ4v) is 4.06. The number of pyridine rings is 1. The van der Waals surface area contributed by atoms with Gasteiger partial charge < -0.3 is 0 Å². The molecule has 2 aromatic rings. The maximum absolute atomic E-state index is 12.8. The topological polar surface area (TPSA) is 84.5 Å². The van der Waals surface area contributed by atoms with Gasteiger partial charge in [0.2, 0.25) is 0 Å². The highest BCUT2D eigenvalue weighted by Crippen LogP contribution is 2.43. The summed E-state index contributed by atoms with van der Waals surface area (Å²) in [7, 11) is 0. The van der Waals surface area contributed by atoms with Gasteiger partial charge in [-0.25, -0.2) is 4.68 Å². The zero-order valence-corrected chi connectivity index (χ0v) is 14.8. The van der Waals surface area contributed by atoms with Crippen LogP contribution in [-0.4, -0.2) is 25.8 Å². The maximum atomic E-state index is 12.8. The van der Waals surface area contributed by atoms with E-state index in [1.54, 1.807) is 23.1 Å². The van der Waals surface area contributed by atoms with E-state index < -0.39 is 5.54 Å². The number of aromatic nitrogens is 4. The normalized spacial score (nSPS) is 20.3. The van der Waals surface area contributed by atoms with E-state index in [9.17, 15) is 10.1 Å². The van der Waals surface area contributed by atoms with E-state index in [0.717, 1.165) is 31.4 Å². The number of nitrogens with zero attached hydrogens (tertiary/aromatic N) is 5. The van der Waals surface area contributed by atoms with Gasteiger partial charge in [-0.1, -0.05) is 24.5 Å². The summed E-state index contributed by atoms with van der Waals surface area (Å²) in [6.07, 6.45) is 13.2. The van der Waals surface area contributed by atoms with Crippen LogP contribution < -0.4 is 0 Å². The molecule has 6 heteroatoms. The van der Waals surface area contributed by atoms with Gasteiger partial charge in [-0.3, -0.25) is 9.78 Å². The molecule has 26 heavy (non-hydrogen) atoms. The lowest BCUT2D eigenvalue weighted by atomic mass is 9.76. The summed E-state index contributed by atoms with van der Waals surface area (Å²) < 4.78 is 1.71. The number of hydrogen-bond acceptors (Lipinski definition) is 5. The number of Topliss-reactive ketones (excluding diaryl/α,β-unsaturated/α-hetero) is 1. The van der Waals surface area contributed by atoms with Crippen molar-refractivity contribution in [1.82, 2.24) is 20.0 Å². The van der Waals surface area contributed by atoms with Gasteiger partial charge in [-0.2, -0.15) is 5.26 Å². The highest BCUT2D eigenvalue weighted by molar-refractivity contribution is 5.96. The van der Waals surface area contributed by atoms with E-state index in [4.69, 9.17) is 0 Å². The smallest absolute Gasteiger partial charge is 0.165 e. The van der Waals surface area contributed by atoms with E-state index in [2.05, 4.69) is 21.4 Å². The fourth-order valence-electron chi connectivity index (χ4n) is 4.06. The molecule has 2 heterocycles. The summed E-state index contributed by atoms with van der Waals surface area (Å²) in [6.45, 7) is 0. The Kier molecular flexibility index (Phi) is 4.54. The summed E-state index contributed by atoms with van der Waals surface area (Å²) >= 11 is 0. The van der Waals surface area contributed by atoms with Crippen molar-refractivity contribution in [2.45, 2.75) is 62.8 Å². The van der Waals surface area contributed by atoms with Crippen LogP contribution in [0.15, 0.2) is 30.7 Å². The number of carbonyl (C=O) groups excluding carboxylic acids is 1. The summed E-state index contributed by atoms with van der Waals surface area (Å²) in [5.41, 5.74) is 1.00. The van der Waals surface area contributed by atoms with Crippen molar-refractivity contribution in [2.24, 2.45) is 5.92 Å². The van der Waals surface area contributed by atoms with E-state index in [-0.39, 0.29) is 11.7 Å². The Labute approximate surface area is 153 Å². The lowest BCUT2D eigenvalue weighted by Crippen LogP contribution is -2.20. The van der Waals surface area contributed by atoms with E-state index >= 15 is 0 Å². The van der Waals surface area contributed by atoms with Gasteiger partial charge in [0.15, 0.2) is 11.3 Å². The molecule has 2 aliphatic carbocycles. The first-order valence-corrected chi connectivity index (χ1v) is 9.49. The van der Waals surface area contributed by atoms with Crippen molar-refractivity contribution in [3.8, 4) is 6.07 Å². The highest BCUT2D eigenvalue weighted by atomic mass is 16.1. The Morgan fingerprint density at radius 3 is 2.81 bits per heavy atom. The summed E-state index contributed by atoms with van der Waals surface area (Å²) in [6, 6.07) is 5.97.